The molecule has 5 aromatic carbocycles. The monoisotopic (exact) mass is 514 g/mol. The molecule has 4 heteroatoms. The summed E-state index contributed by atoms with van der Waals surface area (Å²) >= 11 is 0. The van der Waals surface area contributed by atoms with Crippen LogP contribution in [0.1, 0.15) is 16.7 Å². The topological polar surface area (TPSA) is 56.5 Å². The maximum absolute atomic E-state index is 5.95. The number of hydrogen-bond acceptors (Lipinski definition) is 4. The molecule has 0 spiro atoms. The first kappa shape index (κ1) is 25.9. The molecule has 0 aromatic heterocycles. The molecule has 0 amide bonds. The highest BCUT2D eigenvalue weighted by Crippen LogP contribution is 2.34. The Bertz CT molecular complexity index is 1510. The fourth-order valence-corrected chi connectivity index (χ4v) is 4.78. The van der Waals surface area contributed by atoms with Crippen molar-refractivity contribution < 1.29 is 9.47 Å². The van der Waals surface area contributed by atoms with Crippen molar-refractivity contribution in [2.75, 3.05) is 25.3 Å². The molecular weight excluding hydrogens is 480 g/mol. The van der Waals surface area contributed by atoms with Crippen LogP contribution in [0.3, 0.4) is 0 Å². The largest absolute Gasteiger partial charge is 0.496 e. The standard InChI is InChI=1S/C35H34N2O2/c1-23-5-7-25(8-6-23)28-18-29(26-9-13-32(36)14-10-26)20-30(19-28)27-11-15-33(16-12-27)37-22-31-21-34(38-3)24(2)17-35(31)39-4/h5-21,37H,22,36H2,1-4H3. The quantitative estimate of drug-likeness (QED) is 0.204. The molecule has 0 atom stereocenters. The molecule has 196 valence electrons. The molecule has 0 heterocycles. The third-order valence-corrected chi connectivity index (χ3v) is 7.06. The van der Waals surface area contributed by atoms with Crippen molar-refractivity contribution in [1.82, 2.24) is 0 Å². The molecule has 0 radical (unpaired) electrons. The minimum Gasteiger partial charge on any atom is -0.496 e. The Morgan fingerprint density at radius 1 is 0.564 bits per heavy atom. The number of rotatable bonds is 8. The normalized spacial score (nSPS) is 10.8. The molecule has 0 unspecified atom stereocenters. The first-order valence-corrected chi connectivity index (χ1v) is 13.1. The summed E-state index contributed by atoms with van der Waals surface area (Å²) in [6.45, 7) is 4.76. The summed E-state index contributed by atoms with van der Waals surface area (Å²) in [6.07, 6.45) is 0. The maximum atomic E-state index is 5.95. The lowest BCUT2D eigenvalue weighted by Gasteiger charge is -2.15. The van der Waals surface area contributed by atoms with Crippen molar-refractivity contribution in [3.05, 3.63) is 120 Å². The highest BCUT2D eigenvalue weighted by molar-refractivity contribution is 5.82. The van der Waals surface area contributed by atoms with E-state index in [4.69, 9.17) is 15.2 Å². The number of benzene rings is 5. The van der Waals surface area contributed by atoms with Crippen LogP contribution in [0.15, 0.2) is 103 Å². The van der Waals surface area contributed by atoms with E-state index in [9.17, 15) is 0 Å². The van der Waals surface area contributed by atoms with Gasteiger partial charge in [0.15, 0.2) is 0 Å². The summed E-state index contributed by atoms with van der Waals surface area (Å²) in [6, 6.07) is 36.1. The summed E-state index contributed by atoms with van der Waals surface area (Å²) in [7, 11) is 3.39. The van der Waals surface area contributed by atoms with Gasteiger partial charge in [-0.05, 0) is 107 Å². The van der Waals surface area contributed by atoms with Gasteiger partial charge in [-0.25, -0.2) is 0 Å². The third-order valence-electron chi connectivity index (χ3n) is 7.06. The highest BCUT2D eigenvalue weighted by Gasteiger charge is 2.10. The van der Waals surface area contributed by atoms with Gasteiger partial charge in [0.05, 0.1) is 14.2 Å². The van der Waals surface area contributed by atoms with Gasteiger partial charge >= 0.3 is 0 Å². The van der Waals surface area contributed by atoms with Crippen molar-refractivity contribution in [1.29, 1.82) is 0 Å². The van der Waals surface area contributed by atoms with E-state index in [1.807, 2.05) is 31.2 Å². The Morgan fingerprint density at radius 2 is 1.05 bits per heavy atom. The number of aryl methyl sites for hydroxylation is 2. The zero-order valence-corrected chi connectivity index (χ0v) is 22.9. The fraction of sp³-hybridized carbons (Fsp3) is 0.143. The second-order valence-corrected chi connectivity index (χ2v) is 9.85. The minimum atomic E-state index is 0.628. The van der Waals surface area contributed by atoms with Gasteiger partial charge in [0.1, 0.15) is 11.5 Å². The lowest BCUT2D eigenvalue weighted by atomic mass is 9.93. The van der Waals surface area contributed by atoms with Crippen LogP contribution < -0.4 is 20.5 Å². The van der Waals surface area contributed by atoms with Crippen LogP contribution in [0.5, 0.6) is 11.5 Å². The molecule has 0 saturated carbocycles. The molecule has 39 heavy (non-hydrogen) atoms. The summed E-state index contributed by atoms with van der Waals surface area (Å²) in [5, 5.41) is 3.52. The number of ether oxygens (including phenoxy) is 2. The summed E-state index contributed by atoms with van der Waals surface area (Å²) < 4.78 is 11.1. The predicted molar refractivity (Wildman–Crippen MR) is 164 cm³/mol. The van der Waals surface area contributed by atoms with Crippen molar-refractivity contribution in [2.45, 2.75) is 20.4 Å². The Labute approximate surface area is 231 Å². The number of nitrogen functional groups attached to an aromatic ring is 1. The van der Waals surface area contributed by atoms with E-state index in [0.29, 0.717) is 6.54 Å². The van der Waals surface area contributed by atoms with Gasteiger partial charge in [-0.3, -0.25) is 0 Å². The SMILES string of the molecule is COc1cc(CNc2ccc(-c3cc(-c4ccc(C)cc4)cc(-c4ccc(N)cc4)c3)cc2)c(OC)cc1C. The number of hydrogen-bond donors (Lipinski definition) is 2. The van der Waals surface area contributed by atoms with E-state index in [1.165, 1.54) is 16.7 Å². The highest BCUT2D eigenvalue weighted by atomic mass is 16.5. The molecule has 0 bridgehead atoms. The third kappa shape index (κ3) is 5.91. The van der Waals surface area contributed by atoms with Gasteiger partial charge < -0.3 is 20.5 Å². The van der Waals surface area contributed by atoms with Gasteiger partial charge in [-0.1, -0.05) is 54.1 Å². The molecule has 5 rings (SSSR count). The molecule has 0 fully saturated rings. The molecule has 0 aliphatic carbocycles. The molecule has 0 aliphatic heterocycles. The maximum Gasteiger partial charge on any atom is 0.124 e. The minimum absolute atomic E-state index is 0.628. The summed E-state index contributed by atoms with van der Waals surface area (Å²) in [5.74, 6) is 1.70. The van der Waals surface area contributed by atoms with Crippen LogP contribution in [0.25, 0.3) is 33.4 Å². The molecule has 3 N–H and O–H groups in total. The van der Waals surface area contributed by atoms with E-state index in [-0.39, 0.29) is 0 Å². The smallest absolute Gasteiger partial charge is 0.124 e. The van der Waals surface area contributed by atoms with Crippen LogP contribution in [0, 0.1) is 13.8 Å². The predicted octanol–water partition coefficient (Wildman–Crippen LogP) is 8.52. The van der Waals surface area contributed by atoms with Crippen LogP contribution in [0.2, 0.25) is 0 Å². The number of nitrogens with two attached hydrogens (primary N) is 1. The van der Waals surface area contributed by atoms with E-state index >= 15 is 0 Å². The van der Waals surface area contributed by atoms with Crippen LogP contribution >= 0.6 is 0 Å². The second-order valence-electron chi connectivity index (χ2n) is 9.85. The average molecular weight is 515 g/mol. The van der Waals surface area contributed by atoms with Crippen LogP contribution in [-0.4, -0.2) is 14.2 Å². The van der Waals surface area contributed by atoms with E-state index < -0.39 is 0 Å². The molecule has 0 saturated heterocycles. The van der Waals surface area contributed by atoms with E-state index in [0.717, 1.165) is 56.3 Å². The van der Waals surface area contributed by atoms with Gasteiger partial charge in [0, 0.05) is 23.5 Å². The molecule has 5 aromatic rings. The Balaban J connectivity index is 1.44. The lowest BCUT2D eigenvalue weighted by Crippen LogP contribution is -2.03. The van der Waals surface area contributed by atoms with Gasteiger partial charge in [0.2, 0.25) is 0 Å². The van der Waals surface area contributed by atoms with Crippen LogP contribution in [0.4, 0.5) is 11.4 Å². The second kappa shape index (κ2) is 11.4. The first-order chi connectivity index (χ1) is 18.9. The number of methoxy groups -OCH3 is 2. The Kier molecular flexibility index (Phi) is 7.55. The molecule has 0 aliphatic rings. The van der Waals surface area contributed by atoms with Gasteiger partial charge in [0.25, 0.3) is 0 Å². The Hall–Kier alpha value is -4.70. The van der Waals surface area contributed by atoms with E-state index in [1.54, 1.807) is 14.2 Å². The van der Waals surface area contributed by atoms with Crippen molar-refractivity contribution in [3.8, 4) is 44.9 Å². The van der Waals surface area contributed by atoms with Gasteiger partial charge in [-0.2, -0.15) is 0 Å². The molecule has 4 nitrogen and oxygen atoms in total. The van der Waals surface area contributed by atoms with Crippen molar-refractivity contribution in [3.63, 3.8) is 0 Å². The van der Waals surface area contributed by atoms with E-state index in [2.05, 4.69) is 91.1 Å². The zero-order chi connectivity index (χ0) is 27.4. The van der Waals surface area contributed by atoms with Crippen molar-refractivity contribution >= 4 is 11.4 Å². The zero-order valence-electron chi connectivity index (χ0n) is 22.9. The number of nitrogens with one attached hydrogen (secondary N) is 1. The summed E-state index contributed by atoms with van der Waals surface area (Å²) in [4.78, 5) is 0. The Morgan fingerprint density at radius 3 is 1.56 bits per heavy atom. The number of anilines is 2. The van der Waals surface area contributed by atoms with Crippen molar-refractivity contribution in [2.24, 2.45) is 0 Å². The fourth-order valence-electron chi connectivity index (χ4n) is 4.78. The lowest BCUT2D eigenvalue weighted by molar-refractivity contribution is 0.397. The van der Waals surface area contributed by atoms with Crippen LogP contribution in [-0.2, 0) is 6.54 Å². The first-order valence-electron chi connectivity index (χ1n) is 13.1. The average Bonchev–Trinajstić information content (AvgIpc) is 2.97. The van der Waals surface area contributed by atoms with Gasteiger partial charge in [-0.15, -0.1) is 0 Å². The summed E-state index contributed by atoms with van der Waals surface area (Å²) in [5.41, 5.74) is 18.1. The molecular formula is C35H34N2O2.